The first-order valence-corrected chi connectivity index (χ1v) is 11.0. The van der Waals surface area contributed by atoms with Crippen LogP contribution in [-0.4, -0.2) is 28.1 Å². The van der Waals surface area contributed by atoms with Crippen LogP contribution in [0.4, 0.5) is 11.5 Å². The molecule has 1 heterocycles. The van der Waals surface area contributed by atoms with Crippen molar-refractivity contribution in [3.8, 4) is 5.75 Å². The standard InChI is InChI=1S/C22H31ClN4O4/c1-4-6-8-14-26(21(29)15(3)31-17-11-9-16(23)10-12-17)18-19(24)27(13-7-5-2)22(30)25-20(18)28/h9-12,15H,4-8,13-14,24H2,1-3H3,(H,25,28,30). The van der Waals surface area contributed by atoms with Crippen molar-refractivity contribution >= 4 is 29.0 Å². The van der Waals surface area contributed by atoms with E-state index in [-0.39, 0.29) is 11.5 Å². The van der Waals surface area contributed by atoms with Gasteiger partial charge in [0.05, 0.1) is 0 Å². The number of nitrogens with zero attached hydrogens (tertiary/aromatic N) is 2. The zero-order valence-corrected chi connectivity index (χ0v) is 19.1. The van der Waals surface area contributed by atoms with Crippen molar-refractivity contribution in [2.45, 2.75) is 65.5 Å². The molecule has 1 aromatic heterocycles. The quantitative estimate of drug-likeness (QED) is 0.508. The lowest BCUT2D eigenvalue weighted by molar-refractivity contribution is -0.124. The lowest BCUT2D eigenvalue weighted by atomic mass is 10.2. The highest BCUT2D eigenvalue weighted by Crippen LogP contribution is 2.22. The van der Waals surface area contributed by atoms with Gasteiger partial charge >= 0.3 is 5.69 Å². The molecule has 0 saturated carbocycles. The second kappa shape index (κ2) is 11.6. The minimum Gasteiger partial charge on any atom is -0.481 e. The summed E-state index contributed by atoms with van der Waals surface area (Å²) in [6.45, 7) is 6.30. The molecule has 170 valence electrons. The van der Waals surface area contributed by atoms with Crippen molar-refractivity contribution in [2.24, 2.45) is 0 Å². The van der Waals surface area contributed by atoms with Gasteiger partial charge in [0.25, 0.3) is 11.5 Å². The van der Waals surface area contributed by atoms with Crippen molar-refractivity contribution < 1.29 is 9.53 Å². The number of ether oxygens (including phenoxy) is 1. The zero-order valence-electron chi connectivity index (χ0n) is 18.3. The SMILES string of the molecule is CCCCCN(C(=O)C(C)Oc1ccc(Cl)cc1)c1c(N)n(CCCC)c(=O)[nH]c1=O. The fourth-order valence-electron chi connectivity index (χ4n) is 3.22. The van der Waals surface area contributed by atoms with Crippen LogP contribution in [0.1, 0.15) is 52.9 Å². The molecule has 8 nitrogen and oxygen atoms in total. The Balaban J connectivity index is 2.40. The van der Waals surface area contributed by atoms with Gasteiger partial charge in [-0.25, -0.2) is 4.79 Å². The van der Waals surface area contributed by atoms with Gasteiger partial charge in [0.2, 0.25) is 0 Å². The number of benzene rings is 1. The minimum absolute atomic E-state index is 0.00857. The molecule has 0 fully saturated rings. The number of amides is 1. The van der Waals surface area contributed by atoms with Gasteiger partial charge in [0.1, 0.15) is 11.6 Å². The molecule has 0 radical (unpaired) electrons. The van der Waals surface area contributed by atoms with Crippen molar-refractivity contribution in [1.29, 1.82) is 0 Å². The molecule has 3 N–H and O–H groups in total. The van der Waals surface area contributed by atoms with Crippen molar-refractivity contribution in [1.82, 2.24) is 9.55 Å². The second-order valence-corrected chi connectivity index (χ2v) is 7.85. The van der Waals surface area contributed by atoms with Gasteiger partial charge in [-0.15, -0.1) is 0 Å². The molecule has 31 heavy (non-hydrogen) atoms. The Morgan fingerprint density at radius 1 is 1.16 bits per heavy atom. The summed E-state index contributed by atoms with van der Waals surface area (Å²) in [7, 11) is 0. The lowest BCUT2D eigenvalue weighted by Crippen LogP contribution is -2.46. The van der Waals surface area contributed by atoms with Gasteiger partial charge in [-0.2, -0.15) is 0 Å². The topological polar surface area (TPSA) is 110 Å². The van der Waals surface area contributed by atoms with E-state index in [4.69, 9.17) is 22.1 Å². The maximum atomic E-state index is 13.3. The Bertz CT molecular complexity index is 984. The average Bonchev–Trinajstić information content (AvgIpc) is 2.73. The number of nitrogen functional groups attached to an aromatic ring is 1. The largest absolute Gasteiger partial charge is 0.481 e. The van der Waals surface area contributed by atoms with Gasteiger partial charge in [0, 0.05) is 18.1 Å². The Morgan fingerprint density at radius 2 is 1.81 bits per heavy atom. The van der Waals surface area contributed by atoms with Gasteiger partial charge in [-0.05, 0) is 44.0 Å². The van der Waals surface area contributed by atoms with Gasteiger partial charge in [-0.1, -0.05) is 44.7 Å². The molecule has 1 amide bonds. The van der Waals surface area contributed by atoms with Crippen LogP contribution in [0.5, 0.6) is 5.75 Å². The van der Waals surface area contributed by atoms with Gasteiger partial charge in [0.15, 0.2) is 11.8 Å². The number of carbonyl (C=O) groups excluding carboxylic acids is 1. The predicted octanol–water partition coefficient (Wildman–Crippen LogP) is 3.56. The first-order chi connectivity index (χ1) is 14.8. The van der Waals surface area contributed by atoms with Crippen LogP contribution < -0.4 is 26.6 Å². The van der Waals surface area contributed by atoms with Crippen LogP contribution >= 0.6 is 11.6 Å². The van der Waals surface area contributed by atoms with E-state index in [1.807, 2.05) is 13.8 Å². The molecule has 1 aromatic carbocycles. The highest BCUT2D eigenvalue weighted by Gasteiger charge is 2.28. The van der Waals surface area contributed by atoms with Crippen molar-refractivity contribution in [2.75, 3.05) is 17.2 Å². The molecule has 0 saturated heterocycles. The molecular formula is C22H31ClN4O4. The third kappa shape index (κ3) is 6.37. The number of aromatic amines is 1. The third-order valence-corrected chi connectivity index (χ3v) is 5.20. The number of anilines is 2. The van der Waals surface area contributed by atoms with Gasteiger partial charge in [-0.3, -0.25) is 19.1 Å². The van der Waals surface area contributed by atoms with Crippen LogP contribution in [0.25, 0.3) is 0 Å². The number of nitrogens with one attached hydrogen (secondary N) is 1. The number of unbranched alkanes of at least 4 members (excludes halogenated alkanes) is 3. The molecule has 0 bridgehead atoms. The summed E-state index contributed by atoms with van der Waals surface area (Å²) in [5.41, 5.74) is 4.96. The van der Waals surface area contributed by atoms with E-state index in [1.165, 1.54) is 9.47 Å². The van der Waals surface area contributed by atoms with E-state index in [1.54, 1.807) is 31.2 Å². The minimum atomic E-state index is -0.877. The molecule has 0 aliphatic rings. The highest BCUT2D eigenvalue weighted by atomic mass is 35.5. The normalized spacial score (nSPS) is 11.9. The number of halogens is 1. The van der Waals surface area contributed by atoms with E-state index in [0.717, 1.165) is 25.7 Å². The summed E-state index contributed by atoms with van der Waals surface area (Å²) in [4.78, 5) is 41.9. The summed E-state index contributed by atoms with van der Waals surface area (Å²) in [5.74, 6) is 0.0586. The molecule has 0 spiro atoms. The predicted molar refractivity (Wildman–Crippen MR) is 124 cm³/mol. The summed E-state index contributed by atoms with van der Waals surface area (Å²) >= 11 is 5.90. The highest BCUT2D eigenvalue weighted by molar-refractivity contribution is 6.30. The molecular weight excluding hydrogens is 420 g/mol. The molecule has 0 aliphatic carbocycles. The first-order valence-electron chi connectivity index (χ1n) is 10.7. The van der Waals surface area contributed by atoms with Gasteiger partial charge < -0.3 is 15.4 Å². The monoisotopic (exact) mass is 450 g/mol. The maximum Gasteiger partial charge on any atom is 0.330 e. The van der Waals surface area contributed by atoms with E-state index in [9.17, 15) is 14.4 Å². The fourth-order valence-corrected chi connectivity index (χ4v) is 3.34. The molecule has 0 aliphatic heterocycles. The second-order valence-electron chi connectivity index (χ2n) is 7.41. The Hall–Kier alpha value is -2.74. The molecule has 1 unspecified atom stereocenters. The summed E-state index contributed by atoms with van der Waals surface area (Å²) < 4.78 is 7.08. The van der Waals surface area contributed by atoms with Crippen molar-refractivity contribution in [3.05, 3.63) is 50.1 Å². The number of hydrogen-bond acceptors (Lipinski definition) is 5. The summed E-state index contributed by atoms with van der Waals surface area (Å²) in [6, 6.07) is 6.66. The van der Waals surface area contributed by atoms with Crippen LogP contribution in [-0.2, 0) is 11.3 Å². The fraction of sp³-hybridized carbons (Fsp3) is 0.500. The Labute approximate surface area is 187 Å². The van der Waals surface area contributed by atoms with Crippen LogP contribution in [0.2, 0.25) is 5.02 Å². The maximum absolute atomic E-state index is 13.3. The number of aromatic nitrogens is 2. The number of nitrogens with two attached hydrogens (primary N) is 1. The summed E-state index contributed by atoms with van der Waals surface area (Å²) in [6.07, 6.45) is 3.20. The first kappa shape index (κ1) is 24.5. The smallest absolute Gasteiger partial charge is 0.330 e. The van der Waals surface area contributed by atoms with Crippen LogP contribution in [0.3, 0.4) is 0 Å². The number of carbonyl (C=O) groups is 1. The third-order valence-electron chi connectivity index (χ3n) is 4.94. The number of hydrogen-bond donors (Lipinski definition) is 2. The zero-order chi connectivity index (χ0) is 23.0. The summed E-state index contributed by atoms with van der Waals surface area (Å²) in [5, 5.41) is 0.557. The van der Waals surface area contributed by atoms with E-state index in [2.05, 4.69) is 4.98 Å². The van der Waals surface area contributed by atoms with Crippen LogP contribution in [0.15, 0.2) is 33.9 Å². The average molecular weight is 451 g/mol. The molecule has 2 aromatic rings. The lowest BCUT2D eigenvalue weighted by Gasteiger charge is -2.27. The van der Waals surface area contributed by atoms with E-state index < -0.39 is 23.3 Å². The number of H-pyrrole nitrogens is 1. The number of rotatable bonds is 11. The van der Waals surface area contributed by atoms with Crippen molar-refractivity contribution in [3.63, 3.8) is 0 Å². The molecule has 9 heteroatoms. The molecule has 2 rings (SSSR count). The Morgan fingerprint density at radius 3 is 2.42 bits per heavy atom. The van der Waals surface area contributed by atoms with E-state index >= 15 is 0 Å². The van der Waals surface area contributed by atoms with E-state index in [0.29, 0.717) is 30.3 Å². The molecule has 1 atom stereocenters. The van der Waals surface area contributed by atoms with Crippen LogP contribution in [0, 0.1) is 0 Å². The Kier molecular flexibility index (Phi) is 9.18.